The highest BCUT2D eigenvalue weighted by Gasteiger charge is 2.11. The second-order valence-electron chi connectivity index (χ2n) is 4.85. The van der Waals surface area contributed by atoms with Gasteiger partial charge in [-0.2, -0.15) is 0 Å². The SMILES string of the molecule is COC(=O)Cc1csc(NC(=O)COC(=O)/C=C/c2sccc2C)n1. The Morgan fingerprint density at radius 3 is 2.80 bits per heavy atom. The number of amides is 1. The van der Waals surface area contributed by atoms with Crippen LogP contribution in [0.4, 0.5) is 5.13 Å². The Morgan fingerprint density at radius 2 is 2.12 bits per heavy atom. The number of carbonyl (C=O) groups is 3. The lowest BCUT2D eigenvalue weighted by atomic mass is 10.3. The number of aromatic nitrogens is 1. The highest BCUT2D eigenvalue weighted by molar-refractivity contribution is 7.14. The number of hydrogen-bond donors (Lipinski definition) is 1. The van der Waals surface area contributed by atoms with E-state index in [1.165, 1.54) is 35.9 Å². The largest absolute Gasteiger partial charge is 0.469 e. The fourth-order valence-corrected chi connectivity index (χ4v) is 3.25. The van der Waals surface area contributed by atoms with Crippen molar-refractivity contribution in [2.45, 2.75) is 13.3 Å². The summed E-state index contributed by atoms with van der Waals surface area (Å²) in [5, 5.41) is 6.40. The first-order valence-corrected chi connectivity index (χ1v) is 8.94. The van der Waals surface area contributed by atoms with E-state index in [9.17, 15) is 14.4 Å². The van der Waals surface area contributed by atoms with Crippen LogP contribution in [0.2, 0.25) is 0 Å². The van der Waals surface area contributed by atoms with Crippen LogP contribution in [0.5, 0.6) is 0 Å². The van der Waals surface area contributed by atoms with Gasteiger partial charge in [-0.15, -0.1) is 22.7 Å². The first kappa shape index (κ1) is 18.8. The third-order valence-electron chi connectivity index (χ3n) is 2.97. The molecule has 9 heteroatoms. The molecule has 0 aromatic carbocycles. The molecule has 0 aliphatic heterocycles. The van der Waals surface area contributed by atoms with E-state index in [0.29, 0.717) is 10.8 Å². The zero-order chi connectivity index (χ0) is 18.2. The van der Waals surface area contributed by atoms with E-state index < -0.39 is 24.5 Å². The molecule has 0 atom stereocenters. The van der Waals surface area contributed by atoms with Gasteiger partial charge in [0.1, 0.15) is 0 Å². The van der Waals surface area contributed by atoms with Crippen molar-refractivity contribution in [2.24, 2.45) is 0 Å². The minimum Gasteiger partial charge on any atom is -0.469 e. The number of nitrogens with zero attached hydrogens (tertiary/aromatic N) is 1. The van der Waals surface area contributed by atoms with Gasteiger partial charge in [0, 0.05) is 16.3 Å². The van der Waals surface area contributed by atoms with Crippen molar-refractivity contribution in [1.29, 1.82) is 0 Å². The summed E-state index contributed by atoms with van der Waals surface area (Å²) in [5.74, 6) is -1.52. The van der Waals surface area contributed by atoms with E-state index in [2.05, 4.69) is 15.0 Å². The van der Waals surface area contributed by atoms with Crippen LogP contribution in [0.3, 0.4) is 0 Å². The highest BCUT2D eigenvalue weighted by Crippen LogP contribution is 2.17. The summed E-state index contributed by atoms with van der Waals surface area (Å²) in [7, 11) is 1.29. The summed E-state index contributed by atoms with van der Waals surface area (Å²) < 4.78 is 9.41. The van der Waals surface area contributed by atoms with E-state index in [1.54, 1.807) is 11.5 Å². The van der Waals surface area contributed by atoms with E-state index >= 15 is 0 Å². The van der Waals surface area contributed by atoms with Gasteiger partial charge >= 0.3 is 11.9 Å². The maximum Gasteiger partial charge on any atom is 0.331 e. The molecule has 0 radical (unpaired) electrons. The molecule has 7 nitrogen and oxygen atoms in total. The van der Waals surface area contributed by atoms with Gasteiger partial charge in [0.2, 0.25) is 0 Å². The smallest absolute Gasteiger partial charge is 0.331 e. The van der Waals surface area contributed by atoms with Crippen molar-refractivity contribution in [3.05, 3.63) is 39.0 Å². The maximum absolute atomic E-state index is 11.8. The molecule has 2 rings (SSSR count). The minimum atomic E-state index is -0.603. The Morgan fingerprint density at radius 1 is 1.32 bits per heavy atom. The molecule has 0 unspecified atom stereocenters. The average Bonchev–Trinajstić information content (AvgIpc) is 3.19. The zero-order valence-corrected chi connectivity index (χ0v) is 15.2. The number of aryl methyl sites for hydroxylation is 1. The third kappa shape index (κ3) is 6.12. The number of methoxy groups -OCH3 is 1. The molecule has 0 saturated heterocycles. The van der Waals surface area contributed by atoms with Gasteiger partial charge in [-0.05, 0) is 30.0 Å². The molecule has 0 fully saturated rings. The van der Waals surface area contributed by atoms with Crippen LogP contribution in [0.1, 0.15) is 16.1 Å². The van der Waals surface area contributed by atoms with Gasteiger partial charge in [-0.1, -0.05) is 0 Å². The standard InChI is InChI=1S/C16H16N2O5S2/c1-10-5-6-24-12(10)3-4-14(20)23-8-13(19)18-16-17-11(9-25-16)7-15(21)22-2/h3-6,9H,7-8H2,1-2H3,(H,17,18,19)/b4-3+. The summed E-state index contributed by atoms with van der Waals surface area (Å²) in [6, 6.07) is 1.95. The van der Waals surface area contributed by atoms with Crippen molar-refractivity contribution in [3.8, 4) is 0 Å². The van der Waals surface area contributed by atoms with Crippen molar-refractivity contribution >= 4 is 51.7 Å². The Kier molecular flexibility index (Phi) is 6.84. The fraction of sp³-hybridized carbons (Fsp3) is 0.250. The summed E-state index contributed by atoms with van der Waals surface area (Å²) in [5.41, 5.74) is 1.57. The fourth-order valence-electron chi connectivity index (χ4n) is 1.70. The molecule has 25 heavy (non-hydrogen) atoms. The molecule has 0 bridgehead atoms. The Labute approximate surface area is 152 Å². The average molecular weight is 380 g/mol. The molecule has 0 saturated carbocycles. The lowest BCUT2D eigenvalue weighted by Gasteiger charge is -2.02. The van der Waals surface area contributed by atoms with Crippen molar-refractivity contribution in [1.82, 2.24) is 4.98 Å². The summed E-state index contributed by atoms with van der Waals surface area (Å²) in [6.45, 7) is 1.52. The molecule has 1 N–H and O–H groups in total. The number of nitrogens with one attached hydrogen (secondary N) is 1. The molecule has 0 aliphatic rings. The van der Waals surface area contributed by atoms with Crippen LogP contribution in [-0.4, -0.2) is 36.5 Å². The molecular formula is C16H16N2O5S2. The topological polar surface area (TPSA) is 94.6 Å². The van der Waals surface area contributed by atoms with Crippen molar-refractivity contribution in [3.63, 3.8) is 0 Å². The van der Waals surface area contributed by atoms with Crippen molar-refractivity contribution in [2.75, 3.05) is 19.0 Å². The number of thiazole rings is 1. The second kappa shape index (κ2) is 9.09. The number of esters is 2. The van der Waals surface area contributed by atoms with E-state index in [4.69, 9.17) is 4.74 Å². The third-order valence-corrected chi connectivity index (χ3v) is 4.76. The van der Waals surface area contributed by atoms with Crippen LogP contribution in [0.15, 0.2) is 22.9 Å². The Bertz CT molecular complexity index is 794. The first-order valence-electron chi connectivity index (χ1n) is 7.18. The molecule has 0 aliphatic carbocycles. The minimum absolute atomic E-state index is 0.0325. The number of ether oxygens (including phenoxy) is 2. The van der Waals surface area contributed by atoms with Crippen LogP contribution in [0.25, 0.3) is 6.08 Å². The molecule has 2 aromatic heterocycles. The van der Waals surface area contributed by atoms with E-state index in [1.807, 2.05) is 18.4 Å². The molecular weight excluding hydrogens is 364 g/mol. The number of anilines is 1. The first-order chi connectivity index (χ1) is 12.0. The Hall–Kier alpha value is -2.52. The molecule has 132 valence electrons. The highest BCUT2D eigenvalue weighted by atomic mass is 32.1. The lowest BCUT2D eigenvalue weighted by molar-refractivity contribution is -0.142. The van der Waals surface area contributed by atoms with Gasteiger partial charge < -0.3 is 9.47 Å². The van der Waals surface area contributed by atoms with E-state index in [0.717, 1.165) is 10.4 Å². The molecule has 1 amide bonds. The van der Waals surface area contributed by atoms with E-state index in [-0.39, 0.29) is 6.42 Å². The maximum atomic E-state index is 11.8. The van der Waals surface area contributed by atoms with Crippen LogP contribution in [-0.2, 0) is 30.3 Å². The monoisotopic (exact) mass is 380 g/mol. The quantitative estimate of drug-likeness (QED) is 0.586. The molecule has 2 heterocycles. The van der Waals surface area contributed by atoms with Gasteiger partial charge in [0.25, 0.3) is 5.91 Å². The Balaban J connectivity index is 1.77. The number of thiophene rings is 1. The molecule has 0 spiro atoms. The van der Waals surface area contributed by atoms with Gasteiger partial charge in [-0.3, -0.25) is 14.9 Å². The predicted octanol–water partition coefficient (Wildman–Crippen LogP) is 2.42. The summed E-state index contributed by atoms with van der Waals surface area (Å²) in [4.78, 5) is 39.6. The van der Waals surface area contributed by atoms with Crippen LogP contribution < -0.4 is 5.32 Å². The second-order valence-corrected chi connectivity index (χ2v) is 6.66. The van der Waals surface area contributed by atoms with Gasteiger partial charge in [0.15, 0.2) is 11.7 Å². The summed E-state index contributed by atoms with van der Waals surface area (Å²) >= 11 is 2.68. The van der Waals surface area contributed by atoms with Gasteiger partial charge in [-0.25, -0.2) is 9.78 Å². The van der Waals surface area contributed by atoms with Crippen LogP contribution in [0, 0.1) is 6.92 Å². The number of carbonyl (C=O) groups excluding carboxylic acids is 3. The lowest BCUT2D eigenvalue weighted by Crippen LogP contribution is -2.20. The predicted molar refractivity (Wildman–Crippen MR) is 95.5 cm³/mol. The van der Waals surface area contributed by atoms with Gasteiger partial charge in [0.05, 0.1) is 19.2 Å². The molecule has 2 aromatic rings. The zero-order valence-electron chi connectivity index (χ0n) is 13.6. The summed E-state index contributed by atoms with van der Waals surface area (Å²) in [6.07, 6.45) is 2.97. The normalized spacial score (nSPS) is 10.6. The number of hydrogen-bond acceptors (Lipinski definition) is 8. The van der Waals surface area contributed by atoms with Crippen LogP contribution >= 0.6 is 22.7 Å². The van der Waals surface area contributed by atoms with Crippen molar-refractivity contribution < 1.29 is 23.9 Å². The number of rotatable bonds is 7.